The van der Waals surface area contributed by atoms with Crippen LogP contribution in [0.4, 0.5) is 5.82 Å². The maximum Gasteiger partial charge on any atom is 0.273 e. The Morgan fingerprint density at radius 3 is 2.69 bits per heavy atom. The van der Waals surface area contributed by atoms with E-state index in [-0.39, 0.29) is 11.5 Å². The molecule has 0 spiro atoms. The molecule has 9 heteroatoms. The monoisotopic (exact) mass is 433 g/mol. The van der Waals surface area contributed by atoms with Crippen molar-refractivity contribution < 1.29 is 9.59 Å². The van der Waals surface area contributed by atoms with Crippen LogP contribution in [0.5, 0.6) is 0 Å². The molecular weight excluding hydrogens is 422 g/mol. The number of halogens is 2. The molecule has 0 fully saturated rings. The Morgan fingerprint density at radius 1 is 1.15 bits per heavy atom. The molecule has 0 bridgehead atoms. The van der Waals surface area contributed by atoms with Gasteiger partial charge in [-0.25, -0.2) is 0 Å². The Kier molecular flexibility index (Phi) is 5.65. The Bertz CT molecular complexity index is 945. The van der Waals surface area contributed by atoms with Crippen molar-refractivity contribution >= 4 is 45.2 Å². The van der Waals surface area contributed by atoms with Crippen LogP contribution in [0.15, 0.2) is 53.3 Å². The lowest BCUT2D eigenvalue weighted by Gasteiger charge is -2.05. The molecule has 132 valence electrons. The Balaban J connectivity index is 1.68. The molecule has 3 rings (SSSR count). The lowest BCUT2D eigenvalue weighted by atomic mass is 10.2. The van der Waals surface area contributed by atoms with E-state index < -0.39 is 11.8 Å². The van der Waals surface area contributed by atoms with E-state index in [1.165, 1.54) is 0 Å². The minimum absolute atomic E-state index is 0.128. The molecule has 0 unspecified atom stereocenters. The highest BCUT2D eigenvalue weighted by molar-refractivity contribution is 9.10. The largest absolute Gasteiger partial charge is 0.346 e. The van der Waals surface area contributed by atoms with Gasteiger partial charge in [0.15, 0.2) is 5.69 Å². The highest BCUT2D eigenvalue weighted by atomic mass is 79.9. The second kappa shape index (κ2) is 8.11. The van der Waals surface area contributed by atoms with Gasteiger partial charge in [0.1, 0.15) is 5.82 Å². The summed E-state index contributed by atoms with van der Waals surface area (Å²) in [5, 5.41) is 12.3. The quantitative estimate of drug-likeness (QED) is 0.573. The number of nitrogens with one attached hydrogen (secondary N) is 3. The van der Waals surface area contributed by atoms with Gasteiger partial charge >= 0.3 is 0 Å². The van der Waals surface area contributed by atoms with Crippen LogP contribution in [0.1, 0.15) is 26.4 Å². The van der Waals surface area contributed by atoms with Crippen molar-refractivity contribution in [1.29, 1.82) is 0 Å². The van der Waals surface area contributed by atoms with E-state index in [2.05, 4.69) is 41.7 Å². The predicted molar refractivity (Wildman–Crippen MR) is 101 cm³/mol. The van der Waals surface area contributed by atoms with Crippen molar-refractivity contribution in [2.45, 2.75) is 6.54 Å². The van der Waals surface area contributed by atoms with E-state index in [4.69, 9.17) is 11.6 Å². The highest BCUT2D eigenvalue weighted by Crippen LogP contribution is 2.25. The van der Waals surface area contributed by atoms with Gasteiger partial charge in [-0.1, -0.05) is 29.8 Å². The van der Waals surface area contributed by atoms with Crippen LogP contribution in [0.2, 0.25) is 5.02 Å². The summed E-state index contributed by atoms with van der Waals surface area (Å²) >= 11 is 9.30. The zero-order valence-corrected chi connectivity index (χ0v) is 15.6. The summed E-state index contributed by atoms with van der Waals surface area (Å²) in [6, 6.07) is 10.3. The normalized spacial score (nSPS) is 10.4. The number of aromatic amines is 1. The topological polar surface area (TPSA) is 99.8 Å². The summed E-state index contributed by atoms with van der Waals surface area (Å²) in [5.74, 6) is -0.543. The van der Waals surface area contributed by atoms with Crippen molar-refractivity contribution in [2.24, 2.45) is 0 Å². The number of rotatable bonds is 5. The molecule has 2 aromatic heterocycles. The molecule has 3 N–H and O–H groups in total. The van der Waals surface area contributed by atoms with E-state index in [9.17, 15) is 9.59 Å². The molecular formula is C17H13BrClN5O2. The summed E-state index contributed by atoms with van der Waals surface area (Å²) in [4.78, 5) is 28.6. The van der Waals surface area contributed by atoms with Gasteiger partial charge in [0.2, 0.25) is 0 Å². The van der Waals surface area contributed by atoms with Crippen LogP contribution >= 0.6 is 27.5 Å². The van der Waals surface area contributed by atoms with Crippen LogP contribution in [0.25, 0.3) is 0 Å². The molecule has 0 saturated carbocycles. The SMILES string of the molecule is O=C(Nc1[nH]nc(C(=O)NCc2cccnc2)c1Br)c1ccccc1Cl. The van der Waals surface area contributed by atoms with Gasteiger partial charge < -0.3 is 10.6 Å². The van der Waals surface area contributed by atoms with Crippen molar-refractivity contribution in [2.75, 3.05) is 5.32 Å². The first-order valence-corrected chi connectivity index (χ1v) is 8.70. The van der Waals surface area contributed by atoms with Gasteiger partial charge in [-0.15, -0.1) is 0 Å². The molecule has 3 aromatic rings. The molecule has 2 heterocycles. The van der Waals surface area contributed by atoms with Gasteiger partial charge in [0.25, 0.3) is 11.8 Å². The van der Waals surface area contributed by atoms with Crippen molar-refractivity contribution in [1.82, 2.24) is 20.5 Å². The maximum absolute atomic E-state index is 12.3. The number of aromatic nitrogens is 3. The molecule has 7 nitrogen and oxygen atoms in total. The summed E-state index contributed by atoms with van der Waals surface area (Å²) in [6.07, 6.45) is 3.32. The van der Waals surface area contributed by atoms with Gasteiger partial charge in [-0.05, 0) is 39.7 Å². The summed E-state index contributed by atoms with van der Waals surface area (Å²) in [6.45, 7) is 0.313. The standard InChI is InChI=1S/C17H13BrClN5O2/c18-13-14(17(26)21-9-10-4-3-7-20-8-10)23-24-15(13)22-16(25)11-5-1-2-6-12(11)19/h1-8H,9H2,(H,21,26)(H2,22,23,24,25). The Labute approximate surface area is 162 Å². The molecule has 0 aliphatic carbocycles. The molecule has 0 atom stereocenters. The van der Waals surface area contributed by atoms with E-state index in [1.54, 1.807) is 42.7 Å². The lowest BCUT2D eigenvalue weighted by molar-refractivity contribution is 0.0944. The first-order valence-electron chi connectivity index (χ1n) is 7.53. The third-order valence-corrected chi connectivity index (χ3v) is 4.56. The number of hydrogen-bond acceptors (Lipinski definition) is 4. The minimum Gasteiger partial charge on any atom is -0.346 e. The van der Waals surface area contributed by atoms with E-state index in [1.807, 2.05) is 6.07 Å². The number of carbonyl (C=O) groups is 2. The number of nitrogens with zero attached hydrogens (tertiary/aromatic N) is 2. The van der Waals surface area contributed by atoms with E-state index in [0.717, 1.165) is 5.56 Å². The van der Waals surface area contributed by atoms with Crippen molar-refractivity contribution in [3.8, 4) is 0 Å². The lowest BCUT2D eigenvalue weighted by Crippen LogP contribution is -2.23. The van der Waals surface area contributed by atoms with Gasteiger partial charge in [-0.3, -0.25) is 19.7 Å². The summed E-state index contributed by atoms with van der Waals surface area (Å²) in [5.41, 5.74) is 1.31. The van der Waals surface area contributed by atoms with Crippen LogP contribution in [-0.2, 0) is 6.54 Å². The summed E-state index contributed by atoms with van der Waals surface area (Å²) < 4.78 is 0.349. The Morgan fingerprint density at radius 2 is 1.96 bits per heavy atom. The second-order valence-electron chi connectivity index (χ2n) is 5.24. The van der Waals surface area contributed by atoms with Gasteiger partial charge in [0, 0.05) is 18.9 Å². The number of anilines is 1. The fraction of sp³-hybridized carbons (Fsp3) is 0.0588. The Hall–Kier alpha value is -2.71. The van der Waals surface area contributed by atoms with Crippen LogP contribution in [0, 0.1) is 0 Å². The van der Waals surface area contributed by atoms with Gasteiger partial charge in [-0.2, -0.15) is 5.10 Å². The molecule has 0 aliphatic rings. The maximum atomic E-state index is 12.3. The molecule has 0 radical (unpaired) electrons. The number of pyridine rings is 1. The van der Waals surface area contributed by atoms with Crippen molar-refractivity contribution in [3.05, 3.63) is 75.1 Å². The van der Waals surface area contributed by atoms with Gasteiger partial charge in [0.05, 0.1) is 15.1 Å². The number of H-pyrrole nitrogens is 1. The van der Waals surface area contributed by atoms with E-state index >= 15 is 0 Å². The zero-order chi connectivity index (χ0) is 18.5. The first kappa shape index (κ1) is 18.1. The first-order chi connectivity index (χ1) is 12.6. The average Bonchev–Trinajstić information content (AvgIpc) is 3.01. The fourth-order valence-corrected chi connectivity index (χ4v) is 2.83. The second-order valence-corrected chi connectivity index (χ2v) is 6.44. The smallest absolute Gasteiger partial charge is 0.273 e. The van der Waals surface area contributed by atoms with Crippen LogP contribution < -0.4 is 10.6 Å². The number of hydrogen-bond donors (Lipinski definition) is 3. The molecule has 0 saturated heterocycles. The minimum atomic E-state index is -0.415. The number of benzene rings is 1. The average molecular weight is 435 g/mol. The number of carbonyl (C=O) groups excluding carboxylic acids is 2. The fourth-order valence-electron chi connectivity index (χ4n) is 2.16. The molecule has 0 aliphatic heterocycles. The zero-order valence-electron chi connectivity index (χ0n) is 13.3. The van der Waals surface area contributed by atoms with Crippen LogP contribution in [-0.4, -0.2) is 27.0 Å². The predicted octanol–water partition coefficient (Wildman–Crippen LogP) is 3.40. The highest BCUT2D eigenvalue weighted by Gasteiger charge is 2.20. The third-order valence-electron chi connectivity index (χ3n) is 3.45. The number of amides is 2. The third kappa shape index (κ3) is 4.09. The summed E-state index contributed by atoms with van der Waals surface area (Å²) in [7, 11) is 0. The van der Waals surface area contributed by atoms with Crippen LogP contribution in [0.3, 0.4) is 0 Å². The molecule has 2 amide bonds. The molecule has 1 aromatic carbocycles. The van der Waals surface area contributed by atoms with Crippen molar-refractivity contribution in [3.63, 3.8) is 0 Å². The van der Waals surface area contributed by atoms with E-state index in [0.29, 0.717) is 21.6 Å². The molecule has 26 heavy (non-hydrogen) atoms.